The maximum absolute atomic E-state index is 10.3. The van der Waals surface area contributed by atoms with E-state index in [1.165, 1.54) is 69.8 Å². The highest BCUT2D eigenvalue weighted by molar-refractivity contribution is 5.38. The van der Waals surface area contributed by atoms with Gasteiger partial charge in [0.05, 0.1) is 0 Å². The van der Waals surface area contributed by atoms with E-state index in [1.54, 1.807) is 0 Å². The van der Waals surface area contributed by atoms with Crippen LogP contribution in [0.4, 0.5) is 0 Å². The van der Waals surface area contributed by atoms with Gasteiger partial charge in [0.15, 0.2) is 0 Å². The average Bonchev–Trinajstić information content (AvgIpc) is 2.48. The van der Waals surface area contributed by atoms with Gasteiger partial charge >= 0.3 is 0 Å². The molecule has 120 valence electrons. The van der Waals surface area contributed by atoms with Crippen LogP contribution in [0, 0.1) is 0 Å². The lowest BCUT2D eigenvalue weighted by atomic mass is 9.69. The molecule has 0 fully saturated rings. The molecule has 0 aliphatic heterocycles. The standard InChI is InChI=1S/C20H34O/c1-4-7-8-9-12-17-20(15-5-2,16-6-3)18-13-10-11-14-19(18)21/h10-11,13-14,21H,4-9,12,15-17H2,1-3H3. The molecule has 0 saturated heterocycles. The van der Waals surface area contributed by atoms with Crippen molar-refractivity contribution in [1.82, 2.24) is 0 Å². The molecule has 0 radical (unpaired) electrons. The van der Waals surface area contributed by atoms with Gasteiger partial charge in [-0.3, -0.25) is 0 Å². The molecule has 0 saturated carbocycles. The minimum atomic E-state index is 0.182. The van der Waals surface area contributed by atoms with Crippen LogP contribution in [-0.2, 0) is 5.41 Å². The summed E-state index contributed by atoms with van der Waals surface area (Å²) >= 11 is 0. The van der Waals surface area contributed by atoms with Crippen LogP contribution in [0.15, 0.2) is 24.3 Å². The van der Waals surface area contributed by atoms with E-state index in [4.69, 9.17) is 0 Å². The molecule has 0 heterocycles. The number of rotatable bonds is 11. The average molecular weight is 290 g/mol. The van der Waals surface area contributed by atoms with Gasteiger partial charge in [-0.1, -0.05) is 83.9 Å². The van der Waals surface area contributed by atoms with E-state index in [-0.39, 0.29) is 5.41 Å². The van der Waals surface area contributed by atoms with Crippen molar-refractivity contribution in [2.24, 2.45) is 0 Å². The van der Waals surface area contributed by atoms with Gasteiger partial charge in [-0.25, -0.2) is 0 Å². The van der Waals surface area contributed by atoms with E-state index in [9.17, 15) is 5.11 Å². The lowest BCUT2D eigenvalue weighted by Gasteiger charge is -2.35. The predicted molar refractivity (Wildman–Crippen MR) is 93.0 cm³/mol. The second-order valence-electron chi connectivity index (χ2n) is 6.46. The van der Waals surface area contributed by atoms with Crippen molar-refractivity contribution >= 4 is 0 Å². The number of para-hydroxylation sites is 1. The van der Waals surface area contributed by atoms with Crippen LogP contribution in [0.2, 0.25) is 0 Å². The van der Waals surface area contributed by atoms with Crippen molar-refractivity contribution in [2.45, 2.75) is 90.4 Å². The molecule has 0 amide bonds. The molecule has 1 aromatic carbocycles. The molecule has 1 N–H and O–H groups in total. The zero-order valence-electron chi connectivity index (χ0n) is 14.3. The SMILES string of the molecule is CCCCCCCC(CCC)(CCC)c1ccccc1O. The van der Waals surface area contributed by atoms with Gasteiger partial charge in [0.25, 0.3) is 0 Å². The fourth-order valence-electron chi connectivity index (χ4n) is 3.73. The van der Waals surface area contributed by atoms with E-state index in [2.05, 4.69) is 32.9 Å². The van der Waals surface area contributed by atoms with Crippen molar-refractivity contribution in [2.75, 3.05) is 0 Å². The molecule has 1 heteroatoms. The molecule has 0 atom stereocenters. The van der Waals surface area contributed by atoms with Crippen LogP contribution in [0.25, 0.3) is 0 Å². The molecule has 1 aromatic rings. The normalized spacial score (nSPS) is 11.8. The highest BCUT2D eigenvalue weighted by Crippen LogP contribution is 2.43. The van der Waals surface area contributed by atoms with Gasteiger partial charge in [-0.05, 0) is 30.7 Å². The van der Waals surface area contributed by atoms with Crippen molar-refractivity contribution in [1.29, 1.82) is 0 Å². The summed E-state index contributed by atoms with van der Waals surface area (Å²) in [7, 11) is 0. The summed E-state index contributed by atoms with van der Waals surface area (Å²) in [6, 6.07) is 8.01. The monoisotopic (exact) mass is 290 g/mol. The lowest BCUT2D eigenvalue weighted by molar-refractivity contribution is 0.304. The van der Waals surface area contributed by atoms with Crippen LogP contribution in [-0.4, -0.2) is 5.11 Å². The van der Waals surface area contributed by atoms with Crippen molar-refractivity contribution in [3.8, 4) is 5.75 Å². The maximum Gasteiger partial charge on any atom is 0.119 e. The fraction of sp³-hybridized carbons (Fsp3) is 0.700. The Morgan fingerprint density at radius 1 is 0.762 bits per heavy atom. The quantitative estimate of drug-likeness (QED) is 0.456. The zero-order valence-corrected chi connectivity index (χ0v) is 14.3. The first-order valence-corrected chi connectivity index (χ1v) is 8.98. The van der Waals surface area contributed by atoms with Crippen molar-refractivity contribution < 1.29 is 5.11 Å². The summed E-state index contributed by atoms with van der Waals surface area (Å²) in [6.45, 7) is 6.80. The molecular formula is C20H34O. The topological polar surface area (TPSA) is 20.2 Å². The predicted octanol–water partition coefficient (Wildman–Crippen LogP) is 6.59. The summed E-state index contributed by atoms with van der Waals surface area (Å²) in [5.74, 6) is 0.493. The summed E-state index contributed by atoms with van der Waals surface area (Å²) < 4.78 is 0. The number of phenolic OH excluding ortho intramolecular Hbond substituents is 1. The Balaban J connectivity index is 2.85. The molecule has 1 rings (SSSR count). The summed E-state index contributed by atoms with van der Waals surface area (Å²) in [5.41, 5.74) is 1.37. The third kappa shape index (κ3) is 5.37. The van der Waals surface area contributed by atoms with Crippen LogP contribution in [0.5, 0.6) is 5.75 Å². The Bertz CT molecular complexity index is 377. The third-order valence-electron chi connectivity index (χ3n) is 4.69. The van der Waals surface area contributed by atoms with Crippen molar-refractivity contribution in [3.63, 3.8) is 0 Å². The number of hydrogen-bond donors (Lipinski definition) is 1. The molecule has 0 aromatic heterocycles. The second-order valence-corrected chi connectivity index (χ2v) is 6.46. The fourth-order valence-corrected chi connectivity index (χ4v) is 3.73. The number of phenols is 1. The summed E-state index contributed by atoms with van der Waals surface area (Å²) in [4.78, 5) is 0. The van der Waals surface area contributed by atoms with E-state index in [0.29, 0.717) is 5.75 Å². The van der Waals surface area contributed by atoms with Crippen LogP contribution in [0.1, 0.15) is 90.5 Å². The van der Waals surface area contributed by atoms with Crippen LogP contribution >= 0.6 is 0 Å². The van der Waals surface area contributed by atoms with Crippen molar-refractivity contribution in [3.05, 3.63) is 29.8 Å². The van der Waals surface area contributed by atoms with E-state index >= 15 is 0 Å². The van der Waals surface area contributed by atoms with Gasteiger partial charge in [0.2, 0.25) is 0 Å². The lowest BCUT2D eigenvalue weighted by Crippen LogP contribution is -2.26. The smallest absolute Gasteiger partial charge is 0.119 e. The molecular weight excluding hydrogens is 256 g/mol. The van der Waals surface area contributed by atoms with E-state index in [0.717, 1.165) is 0 Å². The first-order valence-electron chi connectivity index (χ1n) is 8.98. The maximum atomic E-state index is 10.3. The van der Waals surface area contributed by atoms with Gasteiger partial charge in [0, 0.05) is 5.56 Å². The summed E-state index contributed by atoms with van der Waals surface area (Å²) in [6.07, 6.45) is 12.6. The highest BCUT2D eigenvalue weighted by Gasteiger charge is 2.32. The highest BCUT2D eigenvalue weighted by atomic mass is 16.3. The van der Waals surface area contributed by atoms with Gasteiger partial charge in [0.1, 0.15) is 5.75 Å². The van der Waals surface area contributed by atoms with Gasteiger partial charge in [-0.15, -0.1) is 0 Å². The van der Waals surface area contributed by atoms with E-state index < -0.39 is 0 Å². The molecule has 0 unspecified atom stereocenters. The Kier molecular flexibility index (Phi) is 8.49. The number of benzene rings is 1. The first kappa shape index (κ1) is 18.1. The Morgan fingerprint density at radius 3 is 1.95 bits per heavy atom. The number of aromatic hydroxyl groups is 1. The molecule has 21 heavy (non-hydrogen) atoms. The largest absolute Gasteiger partial charge is 0.508 e. The molecule has 0 bridgehead atoms. The Morgan fingerprint density at radius 2 is 1.38 bits per heavy atom. The first-order chi connectivity index (χ1) is 10.2. The molecule has 0 aliphatic carbocycles. The molecule has 1 nitrogen and oxygen atoms in total. The second kappa shape index (κ2) is 9.87. The number of unbranched alkanes of at least 4 members (excludes halogenated alkanes) is 4. The van der Waals surface area contributed by atoms with Gasteiger partial charge < -0.3 is 5.11 Å². The molecule has 0 aliphatic rings. The Hall–Kier alpha value is -0.980. The Labute approximate surface area is 131 Å². The summed E-state index contributed by atoms with van der Waals surface area (Å²) in [5, 5.41) is 10.3. The van der Waals surface area contributed by atoms with Crippen LogP contribution in [0.3, 0.4) is 0 Å². The van der Waals surface area contributed by atoms with E-state index in [1.807, 2.05) is 12.1 Å². The van der Waals surface area contributed by atoms with Gasteiger partial charge in [-0.2, -0.15) is 0 Å². The number of hydrogen-bond acceptors (Lipinski definition) is 1. The van der Waals surface area contributed by atoms with Crippen LogP contribution < -0.4 is 0 Å². The minimum absolute atomic E-state index is 0.182. The minimum Gasteiger partial charge on any atom is -0.508 e. The zero-order chi connectivity index (χ0) is 15.6. The molecule has 0 spiro atoms. The third-order valence-corrected chi connectivity index (χ3v) is 4.69.